The fraction of sp³-hybridized carbons (Fsp3) is 0.500. The molecule has 0 bridgehead atoms. The van der Waals surface area contributed by atoms with E-state index >= 15 is 0 Å². The van der Waals surface area contributed by atoms with E-state index in [1.54, 1.807) is 0 Å². The second-order valence-electron chi connectivity index (χ2n) is 5.34. The molecule has 0 radical (unpaired) electrons. The van der Waals surface area contributed by atoms with E-state index in [0.29, 0.717) is 12.8 Å². The molecular formula is C14H20N4O4. The lowest BCUT2D eigenvalue weighted by Gasteiger charge is -2.31. The van der Waals surface area contributed by atoms with Crippen LogP contribution in [0, 0.1) is 5.92 Å². The Bertz CT molecular complexity index is 555. The minimum atomic E-state index is -0.572. The molecule has 2 aliphatic rings. The molecule has 1 aliphatic carbocycles. The van der Waals surface area contributed by atoms with Crippen molar-refractivity contribution in [2.75, 3.05) is 7.11 Å². The second-order valence-corrected chi connectivity index (χ2v) is 5.34. The summed E-state index contributed by atoms with van der Waals surface area (Å²) < 4.78 is 4.78. The summed E-state index contributed by atoms with van der Waals surface area (Å²) in [6, 6.07) is -0.911. The molecule has 8 heteroatoms. The average molecular weight is 308 g/mol. The Morgan fingerprint density at radius 1 is 1.32 bits per heavy atom. The molecule has 5 N–H and O–H groups in total. The van der Waals surface area contributed by atoms with Crippen molar-refractivity contribution in [3.8, 4) is 0 Å². The molecule has 3 amide bonds. The first-order valence-corrected chi connectivity index (χ1v) is 7.09. The van der Waals surface area contributed by atoms with Crippen molar-refractivity contribution in [3.05, 3.63) is 23.7 Å². The summed E-state index contributed by atoms with van der Waals surface area (Å²) in [5.41, 5.74) is 5.95. The third-order valence-corrected chi connectivity index (χ3v) is 3.91. The van der Waals surface area contributed by atoms with Gasteiger partial charge < -0.3 is 26.4 Å². The number of carbonyl (C=O) groups is 3. The van der Waals surface area contributed by atoms with Crippen LogP contribution < -0.4 is 21.7 Å². The van der Waals surface area contributed by atoms with Crippen molar-refractivity contribution in [3.63, 3.8) is 0 Å². The topological polar surface area (TPSA) is 123 Å². The number of methoxy groups -OCH3 is 1. The number of hydrogen-bond acceptors (Lipinski definition) is 5. The van der Waals surface area contributed by atoms with Gasteiger partial charge in [-0.3, -0.25) is 9.59 Å². The van der Waals surface area contributed by atoms with E-state index in [4.69, 9.17) is 10.5 Å². The first-order chi connectivity index (χ1) is 10.4. The zero-order valence-corrected chi connectivity index (χ0v) is 12.4. The first-order valence-electron chi connectivity index (χ1n) is 7.09. The maximum absolute atomic E-state index is 12.3. The summed E-state index contributed by atoms with van der Waals surface area (Å²) in [7, 11) is 1.33. The summed E-state index contributed by atoms with van der Waals surface area (Å²) in [4.78, 5) is 35.6. The molecule has 120 valence electrons. The van der Waals surface area contributed by atoms with Crippen LogP contribution >= 0.6 is 0 Å². The van der Waals surface area contributed by atoms with Crippen molar-refractivity contribution < 1.29 is 19.1 Å². The van der Waals surface area contributed by atoms with E-state index < -0.39 is 11.9 Å². The van der Waals surface area contributed by atoms with Crippen LogP contribution in [-0.4, -0.2) is 31.1 Å². The van der Waals surface area contributed by atoms with Crippen LogP contribution in [-0.2, 0) is 14.3 Å². The maximum Gasteiger partial charge on any atom is 0.323 e. The highest BCUT2D eigenvalue weighted by molar-refractivity contribution is 6.00. The summed E-state index contributed by atoms with van der Waals surface area (Å²) in [6.07, 6.45) is 3.15. The molecule has 22 heavy (non-hydrogen) atoms. The minimum Gasteiger partial charge on any atom is -0.469 e. The molecule has 1 aliphatic heterocycles. The van der Waals surface area contributed by atoms with Crippen LogP contribution in [0.5, 0.6) is 0 Å². The Morgan fingerprint density at radius 3 is 2.68 bits per heavy atom. The van der Waals surface area contributed by atoms with E-state index in [-0.39, 0.29) is 35.0 Å². The molecule has 0 spiro atoms. The Kier molecular flexibility index (Phi) is 4.69. The number of urea groups is 1. The molecule has 0 aromatic heterocycles. The lowest BCUT2D eigenvalue weighted by molar-refractivity contribution is -0.147. The summed E-state index contributed by atoms with van der Waals surface area (Å²) in [6.45, 7) is 3.57. The fourth-order valence-corrected chi connectivity index (χ4v) is 2.72. The standard InChI is InChI=1S/C14H20N4O4/c1-7-10(15)11(18-14(21)16-7)12(19)17-9-6-4-3-5-8(9)13(20)22-2/h8-9H,1,3-6,15H2,2H3,(H,17,19)(H2,16,18,21). The van der Waals surface area contributed by atoms with Gasteiger partial charge in [-0.25, -0.2) is 4.79 Å². The monoisotopic (exact) mass is 308 g/mol. The van der Waals surface area contributed by atoms with Crippen LogP contribution in [0.3, 0.4) is 0 Å². The van der Waals surface area contributed by atoms with Crippen LogP contribution in [0.1, 0.15) is 25.7 Å². The third kappa shape index (κ3) is 3.21. The van der Waals surface area contributed by atoms with Gasteiger partial charge in [0, 0.05) is 6.04 Å². The van der Waals surface area contributed by atoms with Crippen LogP contribution in [0.4, 0.5) is 4.79 Å². The number of nitrogens with two attached hydrogens (primary N) is 1. The van der Waals surface area contributed by atoms with Crippen molar-refractivity contribution >= 4 is 17.9 Å². The van der Waals surface area contributed by atoms with Gasteiger partial charge in [-0.05, 0) is 12.8 Å². The molecule has 0 saturated heterocycles. The molecule has 1 saturated carbocycles. The maximum atomic E-state index is 12.3. The Morgan fingerprint density at radius 2 is 2.00 bits per heavy atom. The van der Waals surface area contributed by atoms with Gasteiger partial charge in [0.1, 0.15) is 5.70 Å². The van der Waals surface area contributed by atoms with E-state index in [9.17, 15) is 14.4 Å². The lowest BCUT2D eigenvalue weighted by atomic mass is 9.84. The minimum absolute atomic E-state index is 0.0528. The van der Waals surface area contributed by atoms with E-state index in [1.165, 1.54) is 7.11 Å². The van der Waals surface area contributed by atoms with Gasteiger partial charge in [0.25, 0.3) is 5.91 Å². The first kappa shape index (κ1) is 15.9. The van der Waals surface area contributed by atoms with E-state index in [0.717, 1.165) is 12.8 Å². The molecule has 2 unspecified atom stereocenters. The van der Waals surface area contributed by atoms with Gasteiger partial charge in [-0.1, -0.05) is 19.4 Å². The van der Waals surface area contributed by atoms with Crippen LogP contribution in [0.25, 0.3) is 0 Å². The third-order valence-electron chi connectivity index (χ3n) is 3.91. The van der Waals surface area contributed by atoms with Crippen LogP contribution in [0.2, 0.25) is 0 Å². The quantitative estimate of drug-likeness (QED) is 0.539. The van der Waals surface area contributed by atoms with Gasteiger partial charge >= 0.3 is 12.0 Å². The smallest absolute Gasteiger partial charge is 0.323 e. The molecule has 0 aromatic carbocycles. The summed E-state index contributed by atoms with van der Waals surface area (Å²) in [5, 5.41) is 7.50. The fourth-order valence-electron chi connectivity index (χ4n) is 2.72. The molecule has 2 atom stereocenters. The second kappa shape index (κ2) is 6.50. The average Bonchev–Trinajstić information content (AvgIpc) is 2.50. The number of ether oxygens (including phenoxy) is 1. The van der Waals surface area contributed by atoms with Gasteiger partial charge in [0.05, 0.1) is 24.4 Å². The molecule has 1 heterocycles. The van der Waals surface area contributed by atoms with E-state index in [2.05, 4.69) is 22.5 Å². The SMILES string of the molecule is C=C1NC(=O)NC(C(=O)NC2CCCCC2C(=O)OC)=C1N. The Balaban J connectivity index is 2.13. The largest absolute Gasteiger partial charge is 0.469 e. The Hall–Kier alpha value is -2.51. The highest BCUT2D eigenvalue weighted by atomic mass is 16.5. The number of rotatable bonds is 3. The predicted molar refractivity (Wildman–Crippen MR) is 77.9 cm³/mol. The predicted octanol–water partition coefficient (Wildman–Crippen LogP) is -0.169. The van der Waals surface area contributed by atoms with Gasteiger partial charge in [-0.2, -0.15) is 0 Å². The molecule has 8 nitrogen and oxygen atoms in total. The van der Waals surface area contributed by atoms with E-state index in [1.807, 2.05) is 0 Å². The molecule has 0 aromatic rings. The van der Waals surface area contributed by atoms with Gasteiger partial charge in [-0.15, -0.1) is 0 Å². The normalized spacial score (nSPS) is 25.1. The zero-order chi connectivity index (χ0) is 16.3. The number of hydrogen-bond donors (Lipinski definition) is 4. The zero-order valence-electron chi connectivity index (χ0n) is 12.4. The highest BCUT2D eigenvalue weighted by Gasteiger charge is 2.34. The van der Waals surface area contributed by atoms with Gasteiger partial charge in [0.2, 0.25) is 0 Å². The van der Waals surface area contributed by atoms with Crippen molar-refractivity contribution in [2.24, 2.45) is 11.7 Å². The van der Waals surface area contributed by atoms with Crippen molar-refractivity contribution in [1.29, 1.82) is 0 Å². The lowest BCUT2D eigenvalue weighted by Crippen LogP contribution is -2.51. The molecular weight excluding hydrogens is 288 g/mol. The highest BCUT2D eigenvalue weighted by Crippen LogP contribution is 2.26. The number of esters is 1. The van der Waals surface area contributed by atoms with Gasteiger partial charge in [0.15, 0.2) is 0 Å². The summed E-state index contributed by atoms with van der Waals surface area (Å²) >= 11 is 0. The van der Waals surface area contributed by atoms with Crippen molar-refractivity contribution in [2.45, 2.75) is 31.7 Å². The number of amides is 3. The molecule has 1 fully saturated rings. The molecule has 2 rings (SSSR count). The number of nitrogens with one attached hydrogen (secondary N) is 3. The summed E-state index contributed by atoms with van der Waals surface area (Å²) in [5.74, 6) is -1.26. The van der Waals surface area contributed by atoms with Crippen molar-refractivity contribution in [1.82, 2.24) is 16.0 Å². The Labute approximate surface area is 128 Å². The van der Waals surface area contributed by atoms with Crippen LogP contribution in [0.15, 0.2) is 23.7 Å². The number of carbonyl (C=O) groups excluding carboxylic acids is 3.